The Balaban J connectivity index is 1.91. The van der Waals surface area contributed by atoms with Crippen LogP contribution in [-0.4, -0.2) is 40.3 Å². The molecule has 22 heavy (non-hydrogen) atoms. The largest absolute Gasteiger partial charge is 0.327 e. The molecule has 3 rings (SSSR count). The summed E-state index contributed by atoms with van der Waals surface area (Å²) in [5, 5.41) is 5.06. The van der Waals surface area contributed by atoms with Gasteiger partial charge in [-0.05, 0) is 42.9 Å². The Kier molecular flexibility index (Phi) is 3.81. The number of sulfonamides is 2. The van der Waals surface area contributed by atoms with Crippen LogP contribution in [0.15, 0.2) is 34.1 Å². The molecule has 9 heteroatoms. The van der Waals surface area contributed by atoms with Crippen LogP contribution < -0.4 is 10.9 Å². The lowest BCUT2D eigenvalue weighted by atomic mass is 9.98. The Bertz CT molecular complexity index is 791. The second-order valence-electron chi connectivity index (χ2n) is 6.01. The van der Waals surface area contributed by atoms with Crippen LogP contribution in [0.1, 0.15) is 12.8 Å². The van der Waals surface area contributed by atoms with E-state index in [0.717, 1.165) is 18.9 Å². The molecule has 1 saturated heterocycles. The molecule has 1 aromatic carbocycles. The first-order valence-electron chi connectivity index (χ1n) is 7.08. The zero-order chi connectivity index (χ0) is 16.1. The van der Waals surface area contributed by atoms with Gasteiger partial charge in [0.1, 0.15) is 0 Å². The minimum Gasteiger partial charge on any atom is -0.327 e. The third-order valence-corrected chi connectivity index (χ3v) is 7.39. The second-order valence-corrected chi connectivity index (χ2v) is 9.51. The maximum Gasteiger partial charge on any atom is 0.243 e. The lowest BCUT2D eigenvalue weighted by Gasteiger charge is -2.19. The fourth-order valence-corrected chi connectivity index (χ4v) is 5.64. The standard InChI is InChI=1S/C13H19N3O4S2/c14-13-5-4-9-7-16(8-12(9)13)22(19,20)11-3-1-2-10(6-11)21(15,17)18/h1-3,6,9,12-13H,4-5,7-8,14H2,(H2,15,17,18). The van der Waals surface area contributed by atoms with E-state index in [1.165, 1.54) is 22.5 Å². The predicted octanol–water partition coefficient (Wildman–Crippen LogP) is -0.308. The summed E-state index contributed by atoms with van der Waals surface area (Å²) in [6.45, 7) is 0.841. The highest BCUT2D eigenvalue weighted by atomic mass is 32.2. The van der Waals surface area contributed by atoms with Gasteiger partial charge in [-0.2, -0.15) is 4.31 Å². The molecular formula is C13H19N3O4S2. The van der Waals surface area contributed by atoms with Gasteiger partial charge in [0.15, 0.2) is 0 Å². The molecule has 1 aliphatic carbocycles. The Hall–Kier alpha value is -1.00. The first-order chi connectivity index (χ1) is 10.2. The Morgan fingerprint density at radius 2 is 1.73 bits per heavy atom. The zero-order valence-corrected chi connectivity index (χ0v) is 13.6. The highest BCUT2D eigenvalue weighted by Gasteiger charge is 2.45. The number of benzene rings is 1. The summed E-state index contributed by atoms with van der Waals surface area (Å²) >= 11 is 0. The normalized spacial score (nSPS) is 29.6. The third kappa shape index (κ3) is 2.67. The van der Waals surface area contributed by atoms with Crippen molar-refractivity contribution >= 4 is 20.0 Å². The van der Waals surface area contributed by atoms with Crippen molar-refractivity contribution in [2.24, 2.45) is 22.7 Å². The van der Waals surface area contributed by atoms with Crippen LogP contribution >= 0.6 is 0 Å². The average Bonchev–Trinajstić information content (AvgIpc) is 3.01. The molecule has 0 amide bonds. The SMILES string of the molecule is NC1CCC2CN(S(=O)(=O)c3cccc(S(N)(=O)=O)c3)CC12. The highest BCUT2D eigenvalue weighted by Crippen LogP contribution is 2.39. The number of rotatable bonds is 3. The summed E-state index contributed by atoms with van der Waals surface area (Å²) in [6.07, 6.45) is 1.87. The van der Waals surface area contributed by atoms with Gasteiger partial charge in [-0.25, -0.2) is 22.0 Å². The van der Waals surface area contributed by atoms with Gasteiger partial charge in [-0.3, -0.25) is 0 Å². The molecule has 1 aromatic rings. The van der Waals surface area contributed by atoms with Gasteiger partial charge >= 0.3 is 0 Å². The molecule has 0 radical (unpaired) electrons. The van der Waals surface area contributed by atoms with E-state index in [0.29, 0.717) is 19.0 Å². The molecular weight excluding hydrogens is 326 g/mol. The quantitative estimate of drug-likeness (QED) is 0.778. The molecule has 2 fully saturated rings. The molecule has 0 aromatic heterocycles. The van der Waals surface area contributed by atoms with Crippen LogP contribution in [0.5, 0.6) is 0 Å². The van der Waals surface area contributed by atoms with Gasteiger partial charge in [-0.1, -0.05) is 6.07 Å². The van der Waals surface area contributed by atoms with E-state index in [9.17, 15) is 16.8 Å². The van der Waals surface area contributed by atoms with Crippen molar-refractivity contribution < 1.29 is 16.8 Å². The number of nitrogens with two attached hydrogens (primary N) is 2. The summed E-state index contributed by atoms with van der Waals surface area (Å²) in [4.78, 5) is -0.253. The average molecular weight is 345 g/mol. The molecule has 1 heterocycles. The summed E-state index contributed by atoms with van der Waals surface area (Å²) in [5.74, 6) is 0.488. The molecule has 0 bridgehead atoms. The van der Waals surface area contributed by atoms with Gasteiger partial charge in [-0.15, -0.1) is 0 Å². The van der Waals surface area contributed by atoms with Crippen molar-refractivity contribution in [3.05, 3.63) is 24.3 Å². The molecule has 3 atom stereocenters. The number of fused-ring (bicyclic) bond motifs is 1. The summed E-state index contributed by atoms with van der Waals surface area (Å²) < 4.78 is 49.6. The minimum atomic E-state index is -3.94. The Labute approximate surface area is 130 Å². The van der Waals surface area contributed by atoms with Crippen LogP contribution in [0, 0.1) is 11.8 Å². The van der Waals surface area contributed by atoms with Crippen molar-refractivity contribution in [1.29, 1.82) is 0 Å². The van der Waals surface area contributed by atoms with Crippen molar-refractivity contribution in [2.45, 2.75) is 28.7 Å². The second kappa shape index (κ2) is 5.27. The predicted molar refractivity (Wildman–Crippen MR) is 80.8 cm³/mol. The van der Waals surface area contributed by atoms with E-state index in [1.54, 1.807) is 0 Å². The van der Waals surface area contributed by atoms with Crippen LogP contribution in [0.25, 0.3) is 0 Å². The maximum atomic E-state index is 12.7. The number of nitrogens with zero attached hydrogens (tertiary/aromatic N) is 1. The van der Waals surface area contributed by atoms with Crippen LogP contribution in [0.2, 0.25) is 0 Å². The van der Waals surface area contributed by atoms with Crippen molar-refractivity contribution in [3.63, 3.8) is 0 Å². The fraction of sp³-hybridized carbons (Fsp3) is 0.538. The van der Waals surface area contributed by atoms with Gasteiger partial charge in [0.25, 0.3) is 0 Å². The van der Waals surface area contributed by atoms with Crippen molar-refractivity contribution in [3.8, 4) is 0 Å². The lowest BCUT2D eigenvalue weighted by molar-refractivity contribution is 0.427. The van der Waals surface area contributed by atoms with E-state index in [4.69, 9.17) is 10.9 Å². The summed E-state index contributed by atoms with van der Waals surface area (Å²) in [7, 11) is -7.67. The summed E-state index contributed by atoms with van der Waals surface area (Å²) in [6, 6.07) is 5.20. The lowest BCUT2D eigenvalue weighted by Crippen LogP contribution is -2.33. The topological polar surface area (TPSA) is 124 Å². The molecule has 7 nitrogen and oxygen atoms in total. The number of primary sulfonamides is 1. The Morgan fingerprint density at radius 3 is 2.36 bits per heavy atom. The number of hydrogen-bond acceptors (Lipinski definition) is 5. The molecule has 2 aliphatic rings. The van der Waals surface area contributed by atoms with Gasteiger partial charge in [0.05, 0.1) is 9.79 Å². The van der Waals surface area contributed by atoms with E-state index in [2.05, 4.69) is 0 Å². The maximum absolute atomic E-state index is 12.7. The van der Waals surface area contributed by atoms with E-state index in [-0.39, 0.29) is 21.8 Å². The first-order valence-corrected chi connectivity index (χ1v) is 10.1. The van der Waals surface area contributed by atoms with Crippen LogP contribution in [0.4, 0.5) is 0 Å². The smallest absolute Gasteiger partial charge is 0.243 e. The van der Waals surface area contributed by atoms with Gasteiger partial charge in [0.2, 0.25) is 20.0 Å². The van der Waals surface area contributed by atoms with E-state index in [1.807, 2.05) is 0 Å². The molecule has 3 unspecified atom stereocenters. The number of hydrogen-bond donors (Lipinski definition) is 2. The fourth-order valence-electron chi connectivity index (χ4n) is 3.42. The molecule has 1 saturated carbocycles. The molecule has 0 spiro atoms. The monoisotopic (exact) mass is 345 g/mol. The van der Waals surface area contributed by atoms with Crippen LogP contribution in [0.3, 0.4) is 0 Å². The van der Waals surface area contributed by atoms with Gasteiger partial charge < -0.3 is 5.73 Å². The highest BCUT2D eigenvalue weighted by molar-refractivity contribution is 7.90. The Morgan fingerprint density at radius 1 is 1.05 bits per heavy atom. The molecule has 4 N–H and O–H groups in total. The van der Waals surface area contributed by atoms with E-state index >= 15 is 0 Å². The van der Waals surface area contributed by atoms with Crippen molar-refractivity contribution in [2.75, 3.05) is 13.1 Å². The minimum absolute atomic E-state index is 0.0425. The zero-order valence-electron chi connectivity index (χ0n) is 11.9. The van der Waals surface area contributed by atoms with E-state index < -0.39 is 20.0 Å². The van der Waals surface area contributed by atoms with Crippen LogP contribution in [-0.2, 0) is 20.0 Å². The van der Waals surface area contributed by atoms with Gasteiger partial charge in [0, 0.05) is 19.1 Å². The first kappa shape index (κ1) is 15.9. The van der Waals surface area contributed by atoms with Crippen molar-refractivity contribution in [1.82, 2.24) is 4.31 Å². The molecule has 122 valence electrons. The third-order valence-electron chi connectivity index (χ3n) is 4.65. The summed E-state index contributed by atoms with van der Waals surface area (Å²) in [5.41, 5.74) is 6.03. The molecule has 1 aliphatic heterocycles.